The third kappa shape index (κ3) is 2.56. The van der Waals surface area contributed by atoms with Crippen LogP contribution in [0.1, 0.15) is 38.2 Å². The van der Waals surface area contributed by atoms with Crippen LogP contribution in [0.15, 0.2) is 23.3 Å². The molecule has 0 heterocycles. The van der Waals surface area contributed by atoms with E-state index in [1.807, 2.05) is 0 Å². The first-order chi connectivity index (χ1) is 10.6. The highest BCUT2D eigenvalue weighted by Crippen LogP contribution is 2.66. The van der Waals surface area contributed by atoms with Crippen LogP contribution in [0.4, 0.5) is 0 Å². The number of phenolic OH excluding ortho intramolecular Hbond substituents is 1. The smallest absolute Gasteiger partial charge is 0.244 e. The van der Waals surface area contributed by atoms with Gasteiger partial charge in [-0.2, -0.15) is 5.10 Å². The molecule has 2 N–H and O–H groups in total. The molecule has 0 unspecified atom stereocenters. The van der Waals surface area contributed by atoms with E-state index in [1.165, 1.54) is 20.0 Å². The molecule has 22 heavy (non-hydrogen) atoms. The van der Waals surface area contributed by atoms with E-state index in [1.54, 1.807) is 24.4 Å². The summed E-state index contributed by atoms with van der Waals surface area (Å²) in [6.45, 7) is 2.22. The highest BCUT2D eigenvalue weighted by molar-refractivity contribution is 5.86. The average molecular weight is 302 g/mol. The summed E-state index contributed by atoms with van der Waals surface area (Å²) in [5, 5.41) is 13.6. The Hall–Kier alpha value is -2.04. The molecular weight excluding hydrogens is 280 g/mol. The molecule has 0 spiro atoms. The Bertz CT molecular complexity index is 614. The van der Waals surface area contributed by atoms with E-state index in [-0.39, 0.29) is 23.0 Å². The SMILES string of the molecule is COc1cc(C=NNC(=O)[C@@H]2[C@@H]3CCCC[C@]23C)ccc1O. The number of hydrogen-bond donors (Lipinski definition) is 2. The zero-order valence-electron chi connectivity index (χ0n) is 13.0. The molecule has 1 aromatic rings. The zero-order valence-corrected chi connectivity index (χ0v) is 13.0. The molecule has 2 aliphatic carbocycles. The second-order valence-corrected chi connectivity index (χ2v) is 6.50. The molecule has 5 nitrogen and oxygen atoms in total. The summed E-state index contributed by atoms with van der Waals surface area (Å²) in [4.78, 5) is 12.3. The Balaban J connectivity index is 1.59. The monoisotopic (exact) mass is 302 g/mol. The number of aromatic hydroxyl groups is 1. The lowest BCUT2D eigenvalue weighted by molar-refractivity contribution is -0.123. The van der Waals surface area contributed by atoms with Gasteiger partial charge in [-0.05, 0) is 47.9 Å². The number of benzene rings is 1. The van der Waals surface area contributed by atoms with E-state index in [2.05, 4.69) is 17.5 Å². The molecule has 3 rings (SSSR count). The van der Waals surface area contributed by atoms with Crippen molar-refractivity contribution in [1.82, 2.24) is 5.43 Å². The van der Waals surface area contributed by atoms with E-state index in [0.29, 0.717) is 11.7 Å². The predicted octanol–water partition coefficient (Wildman–Crippen LogP) is 2.68. The average Bonchev–Trinajstić information content (AvgIpc) is 3.14. The van der Waals surface area contributed by atoms with Crippen molar-refractivity contribution >= 4 is 12.1 Å². The number of amides is 1. The normalized spacial score (nSPS) is 29.9. The first kappa shape index (κ1) is 14.9. The van der Waals surface area contributed by atoms with Crippen molar-refractivity contribution < 1.29 is 14.6 Å². The third-order valence-corrected chi connectivity index (χ3v) is 5.21. The summed E-state index contributed by atoms with van der Waals surface area (Å²) in [7, 11) is 1.49. The first-order valence-corrected chi connectivity index (χ1v) is 7.76. The number of carbonyl (C=O) groups excluding carboxylic acids is 1. The number of phenols is 1. The molecule has 5 heteroatoms. The van der Waals surface area contributed by atoms with E-state index < -0.39 is 0 Å². The number of carbonyl (C=O) groups is 1. The molecule has 1 aromatic carbocycles. The number of ether oxygens (including phenoxy) is 1. The van der Waals surface area contributed by atoms with Gasteiger partial charge in [0.15, 0.2) is 11.5 Å². The fourth-order valence-electron chi connectivity index (χ4n) is 3.86. The van der Waals surface area contributed by atoms with Gasteiger partial charge in [0.2, 0.25) is 5.91 Å². The van der Waals surface area contributed by atoms with Gasteiger partial charge < -0.3 is 9.84 Å². The minimum Gasteiger partial charge on any atom is -0.504 e. The van der Waals surface area contributed by atoms with Crippen molar-refractivity contribution in [2.24, 2.45) is 22.4 Å². The maximum atomic E-state index is 12.3. The summed E-state index contributed by atoms with van der Waals surface area (Å²) >= 11 is 0. The summed E-state index contributed by atoms with van der Waals surface area (Å²) in [5.41, 5.74) is 3.61. The number of methoxy groups -OCH3 is 1. The van der Waals surface area contributed by atoms with E-state index >= 15 is 0 Å². The minimum atomic E-state index is 0.0244. The fraction of sp³-hybridized carbons (Fsp3) is 0.529. The Morgan fingerprint density at radius 2 is 2.32 bits per heavy atom. The van der Waals surface area contributed by atoms with E-state index in [9.17, 15) is 9.90 Å². The topological polar surface area (TPSA) is 70.9 Å². The van der Waals surface area contributed by atoms with Crippen molar-refractivity contribution in [3.05, 3.63) is 23.8 Å². The lowest BCUT2D eigenvalue weighted by Gasteiger charge is -2.15. The fourth-order valence-corrected chi connectivity index (χ4v) is 3.86. The molecule has 0 bridgehead atoms. The van der Waals surface area contributed by atoms with Crippen molar-refractivity contribution in [2.75, 3.05) is 7.11 Å². The minimum absolute atomic E-state index is 0.0244. The molecule has 0 saturated heterocycles. The highest BCUT2D eigenvalue weighted by atomic mass is 16.5. The Morgan fingerprint density at radius 1 is 1.50 bits per heavy atom. The van der Waals surface area contributed by atoms with E-state index in [4.69, 9.17) is 4.74 Å². The first-order valence-electron chi connectivity index (χ1n) is 7.76. The second kappa shape index (κ2) is 5.63. The molecule has 2 aliphatic rings. The lowest BCUT2D eigenvalue weighted by atomic mass is 9.90. The number of nitrogens with one attached hydrogen (secondary N) is 1. The zero-order chi connectivity index (χ0) is 15.7. The van der Waals surface area contributed by atoms with Gasteiger partial charge in [0, 0.05) is 5.92 Å². The van der Waals surface area contributed by atoms with Crippen LogP contribution < -0.4 is 10.2 Å². The number of hydrogen-bond acceptors (Lipinski definition) is 4. The molecular formula is C17H22N2O3. The van der Waals surface area contributed by atoms with Crippen LogP contribution in [0.25, 0.3) is 0 Å². The van der Waals surface area contributed by atoms with Crippen molar-refractivity contribution in [2.45, 2.75) is 32.6 Å². The van der Waals surface area contributed by atoms with Gasteiger partial charge in [-0.15, -0.1) is 0 Å². The molecule has 2 saturated carbocycles. The van der Waals surface area contributed by atoms with Gasteiger partial charge >= 0.3 is 0 Å². The third-order valence-electron chi connectivity index (χ3n) is 5.21. The van der Waals surface area contributed by atoms with Gasteiger partial charge in [0.1, 0.15) is 0 Å². The predicted molar refractivity (Wildman–Crippen MR) is 84.0 cm³/mol. The van der Waals surface area contributed by atoms with Crippen LogP contribution in [0.3, 0.4) is 0 Å². The van der Waals surface area contributed by atoms with Crippen molar-refractivity contribution in [3.63, 3.8) is 0 Å². The molecule has 0 aliphatic heterocycles. The Labute approximate surface area is 130 Å². The maximum absolute atomic E-state index is 12.3. The molecule has 1 amide bonds. The molecule has 0 aromatic heterocycles. The summed E-state index contributed by atoms with van der Waals surface area (Å²) in [6.07, 6.45) is 6.34. The van der Waals surface area contributed by atoms with Crippen molar-refractivity contribution in [3.8, 4) is 11.5 Å². The molecule has 118 valence electrons. The Kier molecular flexibility index (Phi) is 3.81. The van der Waals surface area contributed by atoms with Gasteiger partial charge in [0.05, 0.1) is 13.3 Å². The number of rotatable bonds is 4. The van der Waals surface area contributed by atoms with Gasteiger partial charge in [-0.25, -0.2) is 5.43 Å². The summed E-state index contributed by atoms with van der Waals surface area (Å²) in [5.74, 6) is 1.14. The molecule has 2 fully saturated rings. The van der Waals surface area contributed by atoms with Crippen LogP contribution >= 0.6 is 0 Å². The number of nitrogens with zero attached hydrogens (tertiary/aromatic N) is 1. The van der Waals surface area contributed by atoms with Crippen LogP contribution in [0, 0.1) is 17.3 Å². The van der Waals surface area contributed by atoms with Crippen LogP contribution in [0.2, 0.25) is 0 Å². The van der Waals surface area contributed by atoms with Gasteiger partial charge in [0.25, 0.3) is 0 Å². The lowest BCUT2D eigenvalue weighted by Crippen LogP contribution is -2.22. The maximum Gasteiger partial charge on any atom is 0.244 e. The quantitative estimate of drug-likeness (QED) is 0.663. The summed E-state index contributed by atoms with van der Waals surface area (Å²) in [6, 6.07) is 4.92. The largest absolute Gasteiger partial charge is 0.504 e. The van der Waals surface area contributed by atoms with Gasteiger partial charge in [-0.3, -0.25) is 4.79 Å². The summed E-state index contributed by atoms with van der Waals surface area (Å²) < 4.78 is 5.04. The standard InChI is InChI=1S/C17H22N2O3/c1-17-8-4-3-5-12(17)15(17)16(21)19-18-10-11-6-7-13(20)14(9-11)22-2/h6-7,9-10,12,15,20H,3-5,8H2,1-2H3,(H,19,21)/t12-,15-,17-/m0/s1. The van der Waals surface area contributed by atoms with E-state index in [0.717, 1.165) is 18.4 Å². The Morgan fingerprint density at radius 3 is 3.00 bits per heavy atom. The number of fused-ring (bicyclic) bond motifs is 1. The number of hydrazone groups is 1. The second-order valence-electron chi connectivity index (χ2n) is 6.50. The van der Waals surface area contributed by atoms with Gasteiger partial charge in [-0.1, -0.05) is 19.8 Å². The highest BCUT2D eigenvalue weighted by Gasteiger charge is 2.64. The van der Waals surface area contributed by atoms with Crippen LogP contribution in [-0.2, 0) is 4.79 Å². The van der Waals surface area contributed by atoms with Crippen molar-refractivity contribution in [1.29, 1.82) is 0 Å². The van der Waals surface area contributed by atoms with Crippen LogP contribution in [0.5, 0.6) is 11.5 Å². The molecule has 0 radical (unpaired) electrons. The molecule has 3 atom stereocenters. The van der Waals surface area contributed by atoms with Crippen LogP contribution in [-0.4, -0.2) is 24.3 Å².